The minimum Gasteiger partial charge on any atom is -0.444 e. The molecule has 0 aliphatic heterocycles. The molecule has 0 atom stereocenters. The molecule has 0 aromatic heterocycles. The molecule has 0 fully saturated rings. The van der Waals surface area contributed by atoms with E-state index in [1.54, 1.807) is 32.9 Å². The molecular formula is C14H18N2O2. The van der Waals surface area contributed by atoms with Crippen molar-refractivity contribution in [3.05, 3.63) is 23.3 Å². The fourth-order valence-corrected chi connectivity index (χ4v) is 1.43. The summed E-state index contributed by atoms with van der Waals surface area (Å²) >= 11 is 0. The van der Waals surface area contributed by atoms with Crippen molar-refractivity contribution in [2.45, 2.75) is 33.3 Å². The highest BCUT2D eigenvalue weighted by atomic mass is 16.6. The third-order valence-corrected chi connectivity index (χ3v) is 2.12. The van der Waals surface area contributed by atoms with Crippen molar-refractivity contribution >= 4 is 17.5 Å². The van der Waals surface area contributed by atoms with Crippen LogP contribution in [0.15, 0.2) is 12.1 Å². The summed E-state index contributed by atoms with van der Waals surface area (Å²) in [5, 5.41) is 2.60. The van der Waals surface area contributed by atoms with Crippen LogP contribution in [0.4, 0.5) is 16.2 Å². The first-order valence-corrected chi connectivity index (χ1v) is 5.59. The Kier molecular flexibility index (Phi) is 3.87. The molecule has 0 spiro atoms. The third kappa shape index (κ3) is 3.70. The summed E-state index contributed by atoms with van der Waals surface area (Å²) in [4.78, 5) is 11.7. The van der Waals surface area contributed by atoms with Gasteiger partial charge in [0.05, 0.1) is 11.4 Å². The molecule has 0 bridgehead atoms. The van der Waals surface area contributed by atoms with Crippen molar-refractivity contribution in [2.75, 3.05) is 11.1 Å². The Morgan fingerprint density at radius 2 is 2.06 bits per heavy atom. The average Bonchev–Trinajstić information content (AvgIpc) is 2.20. The lowest BCUT2D eigenvalue weighted by Crippen LogP contribution is -2.27. The Bertz CT molecular complexity index is 508. The maximum Gasteiger partial charge on any atom is 0.412 e. The molecule has 1 amide bonds. The molecule has 4 heteroatoms. The summed E-state index contributed by atoms with van der Waals surface area (Å²) in [5.74, 6) is 2.48. The molecule has 1 aromatic carbocycles. The number of nitrogens with two attached hydrogens (primary N) is 1. The van der Waals surface area contributed by atoms with Gasteiger partial charge in [-0.05, 0) is 45.4 Å². The topological polar surface area (TPSA) is 64.3 Å². The van der Waals surface area contributed by atoms with Gasteiger partial charge in [-0.25, -0.2) is 4.79 Å². The molecule has 0 heterocycles. The molecule has 18 heavy (non-hydrogen) atoms. The van der Waals surface area contributed by atoms with Crippen LogP contribution in [0.25, 0.3) is 0 Å². The minimum absolute atomic E-state index is 0.369. The quantitative estimate of drug-likeness (QED) is 0.591. The average molecular weight is 246 g/mol. The van der Waals surface area contributed by atoms with E-state index in [9.17, 15) is 4.79 Å². The number of ether oxygens (including phenoxy) is 1. The van der Waals surface area contributed by atoms with Gasteiger partial charge in [0, 0.05) is 5.56 Å². The second-order valence-electron chi connectivity index (χ2n) is 5.04. The number of anilines is 2. The largest absolute Gasteiger partial charge is 0.444 e. The van der Waals surface area contributed by atoms with E-state index in [4.69, 9.17) is 16.9 Å². The van der Waals surface area contributed by atoms with E-state index in [0.29, 0.717) is 16.9 Å². The van der Waals surface area contributed by atoms with Crippen LogP contribution in [-0.4, -0.2) is 11.7 Å². The lowest BCUT2D eigenvalue weighted by molar-refractivity contribution is 0.0636. The van der Waals surface area contributed by atoms with Gasteiger partial charge in [-0.15, -0.1) is 6.42 Å². The summed E-state index contributed by atoms with van der Waals surface area (Å²) in [6, 6.07) is 3.54. The number of aryl methyl sites for hydroxylation is 1. The number of benzene rings is 1. The minimum atomic E-state index is -0.558. The van der Waals surface area contributed by atoms with E-state index in [2.05, 4.69) is 11.2 Å². The van der Waals surface area contributed by atoms with Crippen LogP contribution in [0.3, 0.4) is 0 Å². The number of carbonyl (C=O) groups is 1. The number of nitrogens with one attached hydrogen (secondary N) is 1. The van der Waals surface area contributed by atoms with Gasteiger partial charge in [0.2, 0.25) is 0 Å². The van der Waals surface area contributed by atoms with Gasteiger partial charge in [0.25, 0.3) is 0 Å². The van der Waals surface area contributed by atoms with Crippen molar-refractivity contribution < 1.29 is 9.53 Å². The van der Waals surface area contributed by atoms with E-state index in [1.165, 1.54) is 0 Å². The highest BCUT2D eigenvalue weighted by molar-refractivity contribution is 5.90. The van der Waals surface area contributed by atoms with Gasteiger partial charge >= 0.3 is 6.09 Å². The highest BCUT2D eigenvalue weighted by Crippen LogP contribution is 2.25. The SMILES string of the molecule is C#Cc1cc(C)cc(NC(=O)OC(C)(C)C)c1N. The maximum atomic E-state index is 11.7. The van der Waals surface area contributed by atoms with E-state index in [-0.39, 0.29) is 0 Å². The molecule has 0 saturated heterocycles. The fraction of sp³-hybridized carbons (Fsp3) is 0.357. The molecular weight excluding hydrogens is 228 g/mol. The van der Waals surface area contributed by atoms with Gasteiger partial charge in [-0.1, -0.05) is 5.92 Å². The Balaban J connectivity index is 2.95. The van der Waals surface area contributed by atoms with Crippen molar-refractivity contribution in [2.24, 2.45) is 0 Å². The van der Waals surface area contributed by atoms with E-state index in [1.807, 2.05) is 6.92 Å². The van der Waals surface area contributed by atoms with Crippen LogP contribution in [0, 0.1) is 19.3 Å². The standard InChI is InChI=1S/C14H18N2O2/c1-6-10-7-9(2)8-11(12(10)15)16-13(17)18-14(3,4)5/h1,7-8H,15H2,2-5H3,(H,16,17). The molecule has 96 valence electrons. The van der Waals surface area contributed by atoms with E-state index in [0.717, 1.165) is 5.56 Å². The van der Waals surface area contributed by atoms with Gasteiger partial charge in [-0.3, -0.25) is 5.32 Å². The Morgan fingerprint density at radius 1 is 1.44 bits per heavy atom. The van der Waals surface area contributed by atoms with Crippen molar-refractivity contribution in [3.63, 3.8) is 0 Å². The monoisotopic (exact) mass is 246 g/mol. The van der Waals surface area contributed by atoms with Gasteiger partial charge in [0.1, 0.15) is 5.60 Å². The molecule has 1 aromatic rings. The van der Waals surface area contributed by atoms with Gasteiger partial charge in [0.15, 0.2) is 0 Å². The highest BCUT2D eigenvalue weighted by Gasteiger charge is 2.17. The smallest absolute Gasteiger partial charge is 0.412 e. The van der Waals surface area contributed by atoms with Crippen molar-refractivity contribution in [3.8, 4) is 12.3 Å². The van der Waals surface area contributed by atoms with E-state index < -0.39 is 11.7 Å². The number of hydrogen-bond acceptors (Lipinski definition) is 3. The van der Waals surface area contributed by atoms with Gasteiger partial charge in [-0.2, -0.15) is 0 Å². The summed E-state index contributed by atoms with van der Waals surface area (Å²) in [5.41, 5.74) is 7.62. The normalized spacial score (nSPS) is 10.6. The number of carbonyl (C=O) groups excluding carboxylic acids is 1. The first-order chi connectivity index (χ1) is 8.23. The number of nitrogen functional groups attached to an aromatic ring is 1. The third-order valence-electron chi connectivity index (χ3n) is 2.12. The van der Waals surface area contributed by atoms with Crippen LogP contribution in [0.5, 0.6) is 0 Å². The van der Waals surface area contributed by atoms with E-state index >= 15 is 0 Å². The number of hydrogen-bond donors (Lipinski definition) is 2. The molecule has 0 radical (unpaired) electrons. The predicted octanol–water partition coefficient (Wildman–Crippen LogP) is 2.91. The first-order valence-electron chi connectivity index (χ1n) is 5.59. The summed E-state index contributed by atoms with van der Waals surface area (Å²) in [7, 11) is 0. The molecule has 0 unspecified atom stereocenters. The first kappa shape index (κ1) is 13.9. The van der Waals surface area contributed by atoms with Crippen LogP contribution in [0.2, 0.25) is 0 Å². The Hall–Kier alpha value is -2.15. The molecule has 0 aliphatic carbocycles. The zero-order valence-corrected chi connectivity index (χ0v) is 11.1. The van der Waals surface area contributed by atoms with Crippen molar-refractivity contribution in [1.29, 1.82) is 0 Å². The molecule has 1 rings (SSSR count). The number of rotatable bonds is 1. The molecule has 3 N–H and O–H groups in total. The Labute approximate surface area is 108 Å². The van der Waals surface area contributed by atoms with Crippen LogP contribution >= 0.6 is 0 Å². The lowest BCUT2D eigenvalue weighted by Gasteiger charge is -2.20. The summed E-state index contributed by atoms with van der Waals surface area (Å²) in [6.45, 7) is 7.25. The molecule has 4 nitrogen and oxygen atoms in total. The number of terminal acetylenes is 1. The van der Waals surface area contributed by atoms with Crippen LogP contribution < -0.4 is 11.1 Å². The lowest BCUT2D eigenvalue weighted by atomic mass is 10.1. The predicted molar refractivity (Wildman–Crippen MR) is 73.4 cm³/mol. The number of amides is 1. The van der Waals surface area contributed by atoms with Crippen LogP contribution in [0.1, 0.15) is 31.9 Å². The summed E-state index contributed by atoms with van der Waals surface area (Å²) in [6.07, 6.45) is 4.79. The Morgan fingerprint density at radius 3 is 2.56 bits per heavy atom. The second kappa shape index (κ2) is 5.01. The maximum absolute atomic E-state index is 11.7. The van der Waals surface area contributed by atoms with Gasteiger partial charge < -0.3 is 10.5 Å². The molecule has 0 saturated carbocycles. The molecule has 0 aliphatic rings. The van der Waals surface area contributed by atoms with Crippen LogP contribution in [-0.2, 0) is 4.74 Å². The van der Waals surface area contributed by atoms with Crippen molar-refractivity contribution in [1.82, 2.24) is 0 Å². The zero-order chi connectivity index (χ0) is 13.9. The second-order valence-corrected chi connectivity index (χ2v) is 5.04. The summed E-state index contributed by atoms with van der Waals surface area (Å²) < 4.78 is 5.15. The zero-order valence-electron chi connectivity index (χ0n) is 11.1. The fourth-order valence-electron chi connectivity index (χ4n) is 1.43.